The number of nitrogens with one attached hydrogen (secondary N) is 1. The van der Waals surface area contributed by atoms with E-state index in [4.69, 9.17) is 4.42 Å². The molecule has 0 radical (unpaired) electrons. The number of aryl methyl sites for hydroxylation is 2. The minimum absolute atomic E-state index is 0.0540. The summed E-state index contributed by atoms with van der Waals surface area (Å²) in [6, 6.07) is 0. The summed E-state index contributed by atoms with van der Waals surface area (Å²) in [7, 11) is 0. The molecule has 1 unspecified atom stereocenters. The lowest BCUT2D eigenvalue weighted by molar-refractivity contribution is -0.126. The molecule has 0 saturated carbocycles. The van der Waals surface area contributed by atoms with Gasteiger partial charge in [-0.25, -0.2) is 0 Å². The maximum Gasteiger partial charge on any atom is 0.258 e. The van der Waals surface area contributed by atoms with Gasteiger partial charge in [-0.15, -0.1) is 0 Å². The molecule has 0 bridgehead atoms. The molecule has 5 nitrogen and oxygen atoms in total. The molecular weight excluding hydrogens is 384 g/mol. The fourth-order valence-electron chi connectivity index (χ4n) is 3.34. The Morgan fingerprint density at radius 3 is 2.64 bits per heavy atom. The molecule has 140 valence electrons. The van der Waals surface area contributed by atoms with Crippen molar-refractivity contribution < 1.29 is 14.0 Å². The largest absolute Gasteiger partial charge is 0.465 e. The van der Waals surface area contributed by atoms with Gasteiger partial charge in [0.1, 0.15) is 11.5 Å². The van der Waals surface area contributed by atoms with Crippen LogP contribution in [0.25, 0.3) is 0 Å². The summed E-state index contributed by atoms with van der Waals surface area (Å²) >= 11 is 3.45. The van der Waals surface area contributed by atoms with Crippen molar-refractivity contribution >= 4 is 27.7 Å². The van der Waals surface area contributed by atoms with Crippen LogP contribution >= 0.6 is 15.9 Å². The van der Waals surface area contributed by atoms with Crippen molar-refractivity contribution in [2.24, 2.45) is 5.92 Å². The standard InChI is InChI=1S/C19H29BrN2O3/c1-4-5-6-7-10-21-18(23)15-9-8-11-22(12-15)19(24)16-13(2)25-14(3)17(16)20/h15H,4-12H2,1-3H3,(H,21,23). The minimum Gasteiger partial charge on any atom is -0.465 e. The van der Waals surface area contributed by atoms with Crippen molar-refractivity contribution in [2.45, 2.75) is 59.3 Å². The Morgan fingerprint density at radius 1 is 1.24 bits per heavy atom. The molecule has 2 heterocycles. The summed E-state index contributed by atoms with van der Waals surface area (Å²) in [6.07, 6.45) is 6.27. The third kappa shape index (κ3) is 5.09. The zero-order chi connectivity index (χ0) is 18.4. The number of likely N-dealkylation sites (tertiary alicyclic amines) is 1. The minimum atomic E-state index is -0.115. The molecular formula is C19H29BrN2O3. The van der Waals surface area contributed by atoms with Crippen molar-refractivity contribution in [1.29, 1.82) is 0 Å². The van der Waals surface area contributed by atoms with E-state index in [0.29, 0.717) is 30.2 Å². The van der Waals surface area contributed by atoms with Crippen molar-refractivity contribution in [3.8, 4) is 0 Å². The fourth-order valence-corrected chi connectivity index (χ4v) is 3.87. The summed E-state index contributed by atoms with van der Waals surface area (Å²) in [5, 5.41) is 3.03. The zero-order valence-electron chi connectivity index (χ0n) is 15.5. The van der Waals surface area contributed by atoms with Crippen LogP contribution in [0, 0.1) is 19.8 Å². The number of furan rings is 1. The quantitative estimate of drug-likeness (QED) is 0.682. The van der Waals surface area contributed by atoms with Crippen molar-refractivity contribution in [1.82, 2.24) is 10.2 Å². The van der Waals surface area contributed by atoms with Crippen LogP contribution < -0.4 is 5.32 Å². The van der Waals surface area contributed by atoms with Gasteiger partial charge in [0, 0.05) is 19.6 Å². The molecule has 1 saturated heterocycles. The van der Waals surface area contributed by atoms with E-state index in [1.165, 1.54) is 12.8 Å². The molecule has 1 atom stereocenters. The van der Waals surface area contributed by atoms with Gasteiger partial charge in [0.05, 0.1) is 16.0 Å². The Morgan fingerprint density at radius 2 is 2.00 bits per heavy atom. The van der Waals surface area contributed by atoms with Gasteiger partial charge in [0.15, 0.2) is 0 Å². The van der Waals surface area contributed by atoms with Crippen LogP contribution in [0.5, 0.6) is 0 Å². The first-order chi connectivity index (χ1) is 12.0. The van der Waals surface area contributed by atoms with E-state index in [1.54, 1.807) is 11.8 Å². The molecule has 1 aliphatic heterocycles. The SMILES string of the molecule is CCCCCCNC(=O)C1CCCN(C(=O)c2c(C)oc(C)c2Br)C1. The summed E-state index contributed by atoms with van der Waals surface area (Å²) in [4.78, 5) is 27.0. The lowest BCUT2D eigenvalue weighted by atomic mass is 9.96. The lowest BCUT2D eigenvalue weighted by Crippen LogP contribution is -2.45. The van der Waals surface area contributed by atoms with E-state index >= 15 is 0 Å². The Balaban J connectivity index is 1.91. The molecule has 0 aromatic carbocycles. The van der Waals surface area contributed by atoms with E-state index in [2.05, 4.69) is 28.2 Å². The smallest absolute Gasteiger partial charge is 0.258 e. The number of piperidine rings is 1. The fraction of sp³-hybridized carbons (Fsp3) is 0.684. The van der Waals surface area contributed by atoms with E-state index < -0.39 is 0 Å². The predicted molar refractivity (Wildman–Crippen MR) is 102 cm³/mol. The van der Waals surface area contributed by atoms with Gasteiger partial charge >= 0.3 is 0 Å². The summed E-state index contributed by atoms with van der Waals surface area (Å²) in [5.74, 6) is 1.24. The second-order valence-corrected chi connectivity index (χ2v) is 7.64. The highest BCUT2D eigenvalue weighted by molar-refractivity contribution is 9.10. The van der Waals surface area contributed by atoms with Crippen molar-refractivity contribution in [3.63, 3.8) is 0 Å². The first kappa shape index (κ1) is 20.0. The van der Waals surface area contributed by atoms with Gasteiger partial charge in [0.25, 0.3) is 5.91 Å². The molecule has 1 aromatic rings. The average molecular weight is 413 g/mol. The van der Waals surface area contributed by atoms with Gasteiger partial charge in [-0.1, -0.05) is 26.2 Å². The van der Waals surface area contributed by atoms with Gasteiger partial charge in [0.2, 0.25) is 5.91 Å². The Hall–Kier alpha value is -1.30. The van der Waals surface area contributed by atoms with Crippen LogP contribution in [0.15, 0.2) is 8.89 Å². The van der Waals surface area contributed by atoms with Crippen LogP contribution in [0.2, 0.25) is 0 Å². The molecule has 1 aromatic heterocycles. The Kier molecular flexibility index (Phi) is 7.54. The molecule has 0 spiro atoms. The molecule has 6 heteroatoms. The van der Waals surface area contributed by atoms with Gasteiger partial charge in [-0.05, 0) is 49.0 Å². The number of hydrogen-bond donors (Lipinski definition) is 1. The van der Waals surface area contributed by atoms with Crippen molar-refractivity contribution in [3.05, 3.63) is 21.6 Å². The molecule has 1 aliphatic rings. The number of carbonyl (C=O) groups excluding carboxylic acids is 2. The predicted octanol–water partition coefficient (Wildman–Crippen LogP) is 4.21. The van der Waals surface area contributed by atoms with Crippen LogP contribution in [0.1, 0.15) is 67.3 Å². The van der Waals surface area contributed by atoms with Crippen LogP contribution in [0.4, 0.5) is 0 Å². The summed E-state index contributed by atoms with van der Waals surface area (Å²) in [5.41, 5.74) is 0.582. The third-order valence-corrected chi connectivity index (χ3v) is 5.76. The van der Waals surface area contributed by atoms with Gasteiger partial charge < -0.3 is 14.6 Å². The normalized spacial score (nSPS) is 17.6. The maximum atomic E-state index is 12.9. The number of carbonyl (C=O) groups is 2. The number of unbranched alkanes of at least 4 members (excludes halogenated alkanes) is 3. The summed E-state index contributed by atoms with van der Waals surface area (Å²) < 4.78 is 6.26. The van der Waals surface area contributed by atoms with Crippen LogP contribution in [-0.4, -0.2) is 36.3 Å². The maximum absolute atomic E-state index is 12.9. The second-order valence-electron chi connectivity index (χ2n) is 6.85. The lowest BCUT2D eigenvalue weighted by Gasteiger charge is -2.32. The number of rotatable bonds is 7. The molecule has 1 N–H and O–H groups in total. The highest BCUT2D eigenvalue weighted by atomic mass is 79.9. The Bertz CT molecular complexity index is 612. The molecule has 1 fully saturated rings. The average Bonchev–Trinajstić information content (AvgIpc) is 2.86. The highest BCUT2D eigenvalue weighted by Crippen LogP contribution is 2.30. The topological polar surface area (TPSA) is 62.6 Å². The zero-order valence-corrected chi connectivity index (χ0v) is 17.1. The molecule has 2 amide bonds. The molecule has 0 aliphatic carbocycles. The molecule has 25 heavy (non-hydrogen) atoms. The monoisotopic (exact) mass is 412 g/mol. The first-order valence-corrected chi connectivity index (χ1v) is 10.1. The number of nitrogens with zero attached hydrogens (tertiary/aromatic N) is 1. The van der Waals surface area contributed by atoms with E-state index in [0.717, 1.165) is 36.7 Å². The van der Waals surface area contributed by atoms with Crippen LogP contribution in [-0.2, 0) is 4.79 Å². The highest BCUT2D eigenvalue weighted by Gasteiger charge is 2.31. The van der Waals surface area contributed by atoms with Gasteiger partial charge in [-0.3, -0.25) is 9.59 Å². The number of halogens is 1. The molecule has 2 rings (SSSR count). The van der Waals surface area contributed by atoms with E-state index in [1.807, 2.05) is 6.92 Å². The number of hydrogen-bond acceptors (Lipinski definition) is 3. The number of amides is 2. The van der Waals surface area contributed by atoms with Gasteiger partial charge in [-0.2, -0.15) is 0 Å². The summed E-state index contributed by atoms with van der Waals surface area (Å²) in [6.45, 7) is 7.71. The first-order valence-electron chi connectivity index (χ1n) is 9.28. The van der Waals surface area contributed by atoms with E-state index in [-0.39, 0.29) is 17.7 Å². The van der Waals surface area contributed by atoms with Crippen LogP contribution in [0.3, 0.4) is 0 Å². The van der Waals surface area contributed by atoms with E-state index in [9.17, 15) is 9.59 Å². The third-order valence-electron chi connectivity index (χ3n) is 4.81. The van der Waals surface area contributed by atoms with Crippen molar-refractivity contribution in [2.75, 3.05) is 19.6 Å². The second kappa shape index (κ2) is 9.41. The Labute approximate surface area is 158 Å².